The number of nitro benzene ring substituents is 1. The standard InChI is InChI=1S/C10H10ClN3O4S/c1-2-7(6-12)13-19(17,18)8-3-4-9(11)10(5-8)14(15)16/h3-5,7,13H,2H2,1H3. The van der Waals surface area contributed by atoms with E-state index in [4.69, 9.17) is 16.9 Å². The smallest absolute Gasteiger partial charge is 0.258 e. The number of sulfonamides is 1. The molecule has 0 spiro atoms. The molecule has 1 atom stereocenters. The molecule has 0 saturated heterocycles. The number of benzene rings is 1. The molecule has 1 aromatic carbocycles. The van der Waals surface area contributed by atoms with Gasteiger partial charge in [0.05, 0.1) is 15.9 Å². The molecule has 0 fully saturated rings. The summed E-state index contributed by atoms with van der Waals surface area (Å²) in [4.78, 5) is 9.61. The highest BCUT2D eigenvalue weighted by molar-refractivity contribution is 7.89. The van der Waals surface area contributed by atoms with E-state index < -0.39 is 26.7 Å². The molecular weight excluding hydrogens is 294 g/mol. The zero-order valence-corrected chi connectivity index (χ0v) is 11.4. The number of nitrogens with zero attached hydrogens (tertiary/aromatic N) is 2. The molecule has 1 aromatic rings. The minimum Gasteiger partial charge on any atom is -0.258 e. The fourth-order valence-electron chi connectivity index (χ4n) is 1.26. The van der Waals surface area contributed by atoms with Crippen LogP contribution >= 0.6 is 11.6 Å². The largest absolute Gasteiger partial charge is 0.289 e. The van der Waals surface area contributed by atoms with Gasteiger partial charge in [0.25, 0.3) is 5.69 Å². The van der Waals surface area contributed by atoms with Crippen molar-refractivity contribution in [3.8, 4) is 6.07 Å². The SMILES string of the molecule is CCC(C#N)NS(=O)(=O)c1ccc(Cl)c([N+](=O)[O-])c1. The van der Waals surface area contributed by atoms with Crippen molar-refractivity contribution in [3.63, 3.8) is 0 Å². The fraction of sp³-hybridized carbons (Fsp3) is 0.300. The van der Waals surface area contributed by atoms with Gasteiger partial charge in [0, 0.05) is 6.07 Å². The normalized spacial score (nSPS) is 12.7. The number of hydrogen-bond acceptors (Lipinski definition) is 5. The van der Waals surface area contributed by atoms with E-state index in [1.807, 2.05) is 0 Å². The van der Waals surface area contributed by atoms with Gasteiger partial charge in [0.15, 0.2) is 0 Å². The van der Waals surface area contributed by atoms with Gasteiger partial charge in [-0.25, -0.2) is 8.42 Å². The molecule has 1 N–H and O–H groups in total. The molecule has 0 aromatic heterocycles. The lowest BCUT2D eigenvalue weighted by atomic mass is 10.3. The number of nitriles is 1. The zero-order chi connectivity index (χ0) is 14.6. The Labute approximate surface area is 115 Å². The van der Waals surface area contributed by atoms with Crippen LogP contribution in [0.3, 0.4) is 0 Å². The molecule has 0 aliphatic carbocycles. The summed E-state index contributed by atoms with van der Waals surface area (Å²) in [5.41, 5.74) is -0.505. The summed E-state index contributed by atoms with van der Waals surface area (Å²) in [6.45, 7) is 1.64. The first kappa shape index (κ1) is 15.4. The molecule has 102 valence electrons. The third kappa shape index (κ3) is 3.64. The number of halogens is 1. The lowest BCUT2D eigenvalue weighted by molar-refractivity contribution is -0.384. The van der Waals surface area contributed by atoms with Gasteiger partial charge in [-0.1, -0.05) is 18.5 Å². The maximum Gasteiger partial charge on any atom is 0.289 e. The second kappa shape index (κ2) is 5.97. The number of nitro groups is 1. The van der Waals surface area contributed by atoms with Crippen LogP contribution in [0.25, 0.3) is 0 Å². The van der Waals surface area contributed by atoms with Gasteiger partial charge in [-0.05, 0) is 18.6 Å². The van der Waals surface area contributed by atoms with Crippen molar-refractivity contribution in [3.05, 3.63) is 33.3 Å². The van der Waals surface area contributed by atoms with E-state index in [1.165, 1.54) is 0 Å². The van der Waals surface area contributed by atoms with E-state index in [-0.39, 0.29) is 16.3 Å². The van der Waals surface area contributed by atoms with Crippen LogP contribution in [0.4, 0.5) is 5.69 Å². The van der Waals surface area contributed by atoms with Crippen LogP contribution in [0.2, 0.25) is 5.02 Å². The van der Waals surface area contributed by atoms with Gasteiger partial charge in [-0.2, -0.15) is 9.98 Å². The topological polar surface area (TPSA) is 113 Å². The lowest BCUT2D eigenvalue weighted by Gasteiger charge is -2.10. The summed E-state index contributed by atoms with van der Waals surface area (Å²) >= 11 is 5.59. The third-order valence-electron chi connectivity index (χ3n) is 2.29. The average Bonchev–Trinajstić information content (AvgIpc) is 2.35. The molecule has 0 amide bonds. The lowest BCUT2D eigenvalue weighted by Crippen LogP contribution is -2.33. The van der Waals surface area contributed by atoms with E-state index >= 15 is 0 Å². The molecule has 7 nitrogen and oxygen atoms in total. The van der Waals surface area contributed by atoms with Crippen molar-refractivity contribution in [1.29, 1.82) is 5.26 Å². The second-order valence-corrected chi connectivity index (χ2v) is 5.70. The first-order valence-electron chi connectivity index (χ1n) is 5.17. The van der Waals surface area contributed by atoms with Crippen LogP contribution in [-0.4, -0.2) is 19.4 Å². The zero-order valence-electron chi connectivity index (χ0n) is 9.83. The van der Waals surface area contributed by atoms with Crippen LogP contribution in [0, 0.1) is 21.4 Å². The summed E-state index contributed by atoms with van der Waals surface area (Å²) in [5.74, 6) is 0. The molecule has 9 heteroatoms. The van der Waals surface area contributed by atoms with Gasteiger partial charge in [0.1, 0.15) is 11.1 Å². The Kier molecular flexibility index (Phi) is 4.83. The molecule has 1 unspecified atom stereocenters. The Morgan fingerprint density at radius 1 is 1.58 bits per heavy atom. The fourth-order valence-corrected chi connectivity index (χ4v) is 2.69. The summed E-state index contributed by atoms with van der Waals surface area (Å²) in [6, 6.07) is 4.01. The summed E-state index contributed by atoms with van der Waals surface area (Å²) in [6.07, 6.45) is 0.283. The molecule has 1 rings (SSSR count). The molecule has 0 saturated carbocycles. The quantitative estimate of drug-likeness (QED) is 0.658. The van der Waals surface area contributed by atoms with Crippen molar-refractivity contribution in [1.82, 2.24) is 4.72 Å². The van der Waals surface area contributed by atoms with Crippen LogP contribution < -0.4 is 4.72 Å². The molecule has 0 radical (unpaired) electrons. The van der Waals surface area contributed by atoms with E-state index in [0.29, 0.717) is 0 Å². The number of hydrogen-bond donors (Lipinski definition) is 1. The highest BCUT2D eigenvalue weighted by Crippen LogP contribution is 2.27. The van der Waals surface area contributed by atoms with E-state index in [9.17, 15) is 18.5 Å². The average molecular weight is 304 g/mol. The number of rotatable bonds is 5. The summed E-state index contributed by atoms with van der Waals surface area (Å²) < 4.78 is 26.0. The van der Waals surface area contributed by atoms with E-state index in [0.717, 1.165) is 18.2 Å². The Balaban J connectivity index is 3.20. The van der Waals surface area contributed by atoms with E-state index in [1.54, 1.807) is 13.0 Å². The Morgan fingerprint density at radius 2 is 2.21 bits per heavy atom. The molecule has 0 aliphatic heterocycles. The van der Waals surface area contributed by atoms with E-state index in [2.05, 4.69) is 4.72 Å². The first-order chi connectivity index (χ1) is 8.81. The Bertz CT molecular complexity index is 639. The van der Waals surface area contributed by atoms with Gasteiger partial charge in [-0.3, -0.25) is 10.1 Å². The Morgan fingerprint density at radius 3 is 2.68 bits per heavy atom. The maximum absolute atomic E-state index is 11.9. The predicted octanol–water partition coefficient (Wildman–Crippen LogP) is 1.83. The minimum atomic E-state index is -3.99. The Hall–Kier alpha value is -1.69. The van der Waals surface area contributed by atoms with Crippen LogP contribution in [0.5, 0.6) is 0 Å². The van der Waals surface area contributed by atoms with Crippen LogP contribution in [-0.2, 0) is 10.0 Å². The third-order valence-corrected chi connectivity index (χ3v) is 4.08. The molecular formula is C10H10ClN3O4S. The number of nitrogens with one attached hydrogen (secondary N) is 1. The van der Waals surface area contributed by atoms with Crippen molar-refractivity contribution in [2.24, 2.45) is 0 Å². The maximum atomic E-state index is 11.9. The van der Waals surface area contributed by atoms with Crippen molar-refractivity contribution in [2.45, 2.75) is 24.3 Å². The van der Waals surface area contributed by atoms with Crippen molar-refractivity contribution >= 4 is 27.3 Å². The summed E-state index contributed by atoms with van der Waals surface area (Å²) in [7, 11) is -3.99. The highest BCUT2D eigenvalue weighted by atomic mass is 35.5. The minimum absolute atomic E-state index is 0.156. The monoisotopic (exact) mass is 303 g/mol. The van der Waals surface area contributed by atoms with Gasteiger partial charge < -0.3 is 0 Å². The van der Waals surface area contributed by atoms with Crippen molar-refractivity contribution in [2.75, 3.05) is 0 Å². The van der Waals surface area contributed by atoms with Crippen LogP contribution in [0.1, 0.15) is 13.3 Å². The van der Waals surface area contributed by atoms with Crippen LogP contribution in [0.15, 0.2) is 23.1 Å². The second-order valence-electron chi connectivity index (χ2n) is 3.58. The predicted molar refractivity (Wildman–Crippen MR) is 68.1 cm³/mol. The molecule has 0 aliphatic rings. The molecule has 19 heavy (non-hydrogen) atoms. The first-order valence-corrected chi connectivity index (χ1v) is 7.03. The van der Waals surface area contributed by atoms with Gasteiger partial charge >= 0.3 is 0 Å². The highest BCUT2D eigenvalue weighted by Gasteiger charge is 2.22. The summed E-state index contributed by atoms with van der Waals surface area (Å²) in [5, 5.41) is 19.2. The van der Waals surface area contributed by atoms with Gasteiger partial charge in [-0.15, -0.1) is 0 Å². The van der Waals surface area contributed by atoms with Gasteiger partial charge in [0.2, 0.25) is 10.0 Å². The molecule has 0 heterocycles. The van der Waals surface area contributed by atoms with Crippen molar-refractivity contribution < 1.29 is 13.3 Å². The molecule has 0 bridgehead atoms.